The van der Waals surface area contributed by atoms with Gasteiger partial charge in [0.1, 0.15) is 49.4 Å². The van der Waals surface area contributed by atoms with Crippen LogP contribution in [0.2, 0.25) is 0 Å². The molecule has 8 heteroatoms. The highest BCUT2D eigenvalue weighted by molar-refractivity contribution is 6.11. The molecule has 0 aliphatic carbocycles. The number of fused-ring (bicyclic) bond motifs is 4. The molecule has 7 aromatic carbocycles. The number of hydrogen-bond acceptors (Lipinski definition) is 8. The van der Waals surface area contributed by atoms with Crippen molar-refractivity contribution in [2.24, 2.45) is 0 Å². The number of benzene rings is 7. The van der Waals surface area contributed by atoms with E-state index in [1.54, 1.807) is 0 Å². The van der Waals surface area contributed by atoms with Crippen molar-refractivity contribution in [1.29, 1.82) is 0 Å². The summed E-state index contributed by atoms with van der Waals surface area (Å²) in [7, 11) is 0. The second-order valence-corrected chi connectivity index (χ2v) is 15.4. The lowest BCUT2D eigenvalue weighted by Crippen LogP contribution is -2.31. The number of ether oxygens (including phenoxy) is 6. The largest absolute Gasteiger partial charge is 0.489 e. The van der Waals surface area contributed by atoms with Crippen molar-refractivity contribution >= 4 is 55.0 Å². The van der Waals surface area contributed by atoms with Gasteiger partial charge in [0.05, 0.1) is 0 Å². The van der Waals surface area contributed by atoms with Crippen molar-refractivity contribution in [3.8, 4) is 23.0 Å². The van der Waals surface area contributed by atoms with Crippen molar-refractivity contribution in [2.75, 3.05) is 26.4 Å². The monoisotopic (exact) mass is 806 g/mol. The van der Waals surface area contributed by atoms with Crippen molar-refractivity contribution in [3.63, 3.8) is 0 Å². The van der Waals surface area contributed by atoms with Crippen LogP contribution < -0.4 is 18.9 Å². The first-order valence-corrected chi connectivity index (χ1v) is 21.1. The summed E-state index contributed by atoms with van der Waals surface area (Å²) in [6.07, 6.45) is 2.50. The summed E-state index contributed by atoms with van der Waals surface area (Å²) in [6.45, 7) is 8.52. The molecule has 0 spiro atoms. The molecular weight excluding hydrogens is 753 g/mol. The van der Waals surface area contributed by atoms with Gasteiger partial charge < -0.3 is 28.4 Å². The van der Waals surface area contributed by atoms with Gasteiger partial charge in [-0.3, -0.25) is 9.59 Å². The standard InChI is InChI=1S/C52H54O8/c1-5-7-23-49(53)59-39(31-55-47-21-13-17-37-15-9-11-19-41(37)47)33-57-51-43-27-25-36(4)30-46(43)52(44-28-26-35(3)29-45(44)51)58-34-40(60-50(54)24-8-6-2)32-56-48-22-14-18-38-16-10-12-20-42(38)48/h9-22,25-30,39-40H,5-8,23-24,31-34H2,1-4H3. The fourth-order valence-electron chi connectivity index (χ4n) is 7.41. The molecule has 2 atom stereocenters. The number of carbonyl (C=O) groups excluding carboxylic acids is 2. The molecule has 0 aliphatic rings. The van der Waals surface area contributed by atoms with E-state index in [4.69, 9.17) is 28.4 Å². The van der Waals surface area contributed by atoms with Crippen LogP contribution >= 0.6 is 0 Å². The smallest absolute Gasteiger partial charge is 0.306 e. The quantitative estimate of drug-likeness (QED) is 0.0556. The Hall–Kier alpha value is -6.28. The molecule has 7 rings (SSSR count). The molecule has 0 amide bonds. The van der Waals surface area contributed by atoms with Gasteiger partial charge >= 0.3 is 11.9 Å². The molecular formula is C52H54O8. The van der Waals surface area contributed by atoms with Crippen LogP contribution in [0.25, 0.3) is 43.1 Å². The van der Waals surface area contributed by atoms with Crippen LogP contribution in [-0.2, 0) is 19.1 Å². The Morgan fingerprint density at radius 2 is 0.850 bits per heavy atom. The number of rotatable bonds is 20. The second-order valence-electron chi connectivity index (χ2n) is 15.4. The Bertz CT molecular complexity index is 2390. The molecule has 0 radical (unpaired) electrons. The maximum absolute atomic E-state index is 13.0. The minimum atomic E-state index is -0.686. The number of carbonyl (C=O) groups is 2. The number of esters is 2. The van der Waals surface area contributed by atoms with Crippen LogP contribution in [0.5, 0.6) is 23.0 Å². The van der Waals surface area contributed by atoms with E-state index in [2.05, 4.69) is 12.1 Å². The molecule has 0 aromatic heterocycles. The summed E-state index contributed by atoms with van der Waals surface area (Å²) in [5.74, 6) is 2.15. The minimum Gasteiger partial charge on any atom is -0.489 e. The SMILES string of the molecule is CCCCC(=O)OC(COc1cccc2ccccc12)COc1c2ccc(C)cc2c(OCC(COc2cccc3ccccc23)OC(=O)CCCC)c2ccc(C)cc12. The zero-order valence-electron chi connectivity index (χ0n) is 35.0. The lowest BCUT2D eigenvalue weighted by atomic mass is 9.97. The lowest BCUT2D eigenvalue weighted by Gasteiger charge is -2.24. The molecule has 0 heterocycles. The van der Waals surface area contributed by atoms with Gasteiger partial charge in [-0.1, -0.05) is 135 Å². The van der Waals surface area contributed by atoms with Gasteiger partial charge in [0.15, 0.2) is 12.2 Å². The highest BCUT2D eigenvalue weighted by Crippen LogP contribution is 2.44. The fourth-order valence-corrected chi connectivity index (χ4v) is 7.41. The topological polar surface area (TPSA) is 89.5 Å². The molecule has 0 N–H and O–H groups in total. The zero-order valence-corrected chi connectivity index (χ0v) is 35.0. The number of hydrogen-bond donors (Lipinski definition) is 0. The molecule has 0 saturated heterocycles. The molecule has 0 aliphatic heterocycles. The molecule has 7 aromatic rings. The Kier molecular flexibility index (Phi) is 14.0. The Morgan fingerprint density at radius 1 is 0.450 bits per heavy atom. The van der Waals surface area contributed by atoms with Crippen LogP contribution in [0.4, 0.5) is 0 Å². The Labute approximate surface area is 352 Å². The third-order valence-electron chi connectivity index (χ3n) is 10.6. The summed E-state index contributed by atoms with van der Waals surface area (Å²) in [6, 6.07) is 40.3. The van der Waals surface area contributed by atoms with Gasteiger partial charge in [0.25, 0.3) is 0 Å². The van der Waals surface area contributed by atoms with Crippen LogP contribution in [0, 0.1) is 13.8 Å². The van der Waals surface area contributed by atoms with Crippen LogP contribution in [0.3, 0.4) is 0 Å². The lowest BCUT2D eigenvalue weighted by molar-refractivity contribution is -0.153. The molecule has 60 heavy (non-hydrogen) atoms. The van der Waals surface area contributed by atoms with E-state index >= 15 is 0 Å². The van der Waals surface area contributed by atoms with Gasteiger partial charge in [-0.2, -0.15) is 0 Å². The van der Waals surface area contributed by atoms with Crippen molar-refractivity contribution in [3.05, 3.63) is 132 Å². The molecule has 8 nitrogen and oxygen atoms in total. The average molecular weight is 807 g/mol. The first kappa shape index (κ1) is 41.9. The average Bonchev–Trinajstić information content (AvgIpc) is 3.26. The first-order chi connectivity index (χ1) is 29.3. The number of unbranched alkanes of at least 4 members (excludes halogenated alkanes) is 2. The van der Waals surface area contributed by atoms with Crippen molar-refractivity contribution in [1.82, 2.24) is 0 Å². The molecule has 0 saturated carbocycles. The minimum absolute atomic E-state index is 0.0656. The third-order valence-corrected chi connectivity index (χ3v) is 10.6. The molecule has 0 fully saturated rings. The Morgan fingerprint density at radius 3 is 1.28 bits per heavy atom. The summed E-state index contributed by atoms with van der Waals surface area (Å²) in [5.41, 5.74) is 2.08. The van der Waals surface area contributed by atoms with E-state index in [0.29, 0.717) is 35.8 Å². The van der Waals surface area contributed by atoms with Gasteiger partial charge in [0, 0.05) is 45.2 Å². The van der Waals surface area contributed by atoms with Gasteiger partial charge in [-0.05, 0) is 61.7 Å². The maximum atomic E-state index is 13.0. The van der Waals surface area contributed by atoms with E-state index < -0.39 is 12.2 Å². The summed E-state index contributed by atoms with van der Waals surface area (Å²) < 4.78 is 38.3. The molecule has 0 bridgehead atoms. The first-order valence-electron chi connectivity index (χ1n) is 21.1. The van der Waals surface area contributed by atoms with Crippen molar-refractivity contribution < 1.29 is 38.0 Å². The maximum Gasteiger partial charge on any atom is 0.306 e. The highest BCUT2D eigenvalue weighted by Gasteiger charge is 2.24. The normalized spacial score (nSPS) is 12.3. The van der Waals surface area contributed by atoms with Crippen molar-refractivity contribution in [2.45, 2.75) is 78.4 Å². The van der Waals surface area contributed by atoms with E-state index in [0.717, 1.165) is 79.9 Å². The molecule has 2 unspecified atom stereocenters. The summed E-state index contributed by atoms with van der Waals surface area (Å²) in [5, 5.41) is 7.44. The van der Waals surface area contributed by atoms with E-state index in [-0.39, 0.29) is 38.4 Å². The fraction of sp³-hybridized carbons (Fsp3) is 0.308. The van der Waals surface area contributed by atoms with Crippen LogP contribution in [0.15, 0.2) is 121 Å². The third kappa shape index (κ3) is 10.3. The van der Waals surface area contributed by atoms with Crippen LogP contribution in [-0.4, -0.2) is 50.6 Å². The van der Waals surface area contributed by atoms with E-state index in [1.807, 2.05) is 137 Å². The predicted octanol–water partition coefficient (Wildman–Crippen LogP) is 12.0. The zero-order chi connectivity index (χ0) is 41.8. The predicted molar refractivity (Wildman–Crippen MR) is 240 cm³/mol. The van der Waals surface area contributed by atoms with E-state index in [9.17, 15) is 9.59 Å². The highest BCUT2D eigenvalue weighted by atomic mass is 16.6. The number of aryl methyl sites for hydroxylation is 2. The summed E-state index contributed by atoms with van der Waals surface area (Å²) >= 11 is 0. The van der Waals surface area contributed by atoms with Gasteiger partial charge in [0.2, 0.25) is 0 Å². The van der Waals surface area contributed by atoms with Crippen LogP contribution in [0.1, 0.15) is 63.5 Å². The van der Waals surface area contributed by atoms with Gasteiger partial charge in [-0.25, -0.2) is 0 Å². The second kappa shape index (κ2) is 20.1. The summed E-state index contributed by atoms with van der Waals surface area (Å²) in [4.78, 5) is 26.1. The van der Waals surface area contributed by atoms with Gasteiger partial charge in [-0.15, -0.1) is 0 Å². The van der Waals surface area contributed by atoms with E-state index in [1.165, 1.54) is 0 Å². The molecule has 310 valence electrons. The Balaban J connectivity index is 1.18.